The molecule has 3 aromatic rings. The van der Waals surface area contributed by atoms with Crippen LogP contribution in [0.3, 0.4) is 0 Å². The van der Waals surface area contributed by atoms with Crippen molar-refractivity contribution in [3.05, 3.63) is 60.1 Å². The Morgan fingerprint density at radius 1 is 1.15 bits per heavy atom. The number of rotatable bonds is 4. The van der Waals surface area contributed by atoms with Gasteiger partial charge < -0.3 is 10.2 Å². The van der Waals surface area contributed by atoms with Crippen molar-refractivity contribution >= 4 is 46.0 Å². The third-order valence-electron chi connectivity index (χ3n) is 4.41. The zero-order chi connectivity index (χ0) is 19.0. The number of aliphatic imine (C=N–C) groups is 1. The number of imidazole rings is 1. The van der Waals surface area contributed by atoms with E-state index < -0.39 is 17.2 Å². The minimum absolute atomic E-state index is 0.0535. The summed E-state index contributed by atoms with van der Waals surface area (Å²) < 4.78 is 1.98. The number of carboxylic acid groups (broad SMARTS) is 2. The van der Waals surface area contributed by atoms with E-state index in [-0.39, 0.29) is 17.0 Å². The largest absolute Gasteiger partial charge is 0.478 e. The third-order valence-corrected chi connectivity index (χ3v) is 5.67. The van der Waals surface area contributed by atoms with Crippen molar-refractivity contribution in [1.29, 1.82) is 0 Å². The van der Waals surface area contributed by atoms with Gasteiger partial charge in [0.25, 0.3) is 0 Å². The molecule has 0 saturated carbocycles. The van der Waals surface area contributed by atoms with Crippen LogP contribution in [0.15, 0.2) is 59.4 Å². The summed E-state index contributed by atoms with van der Waals surface area (Å²) in [5.74, 6) is -2.09. The second-order valence-electron chi connectivity index (χ2n) is 6.13. The van der Waals surface area contributed by atoms with Crippen LogP contribution in [0.2, 0.25) is 0 Å². The first kappa shape index (κ1) is 17.3. The third kappa shape index (κ3) is 3.31. The lowest BCUT2D eigenvalue weighted by Gasteiger charge is -2.13. The highest BCUT2D eigenvalue weighted by Gasteiger charge is 2.27. The van der Waals surface area contributed by atoms with Gasteiger partial charge in [0.2, 0.25) is 0 Å². The van der Waals surface area contributed by atoms with Gasteiger partial charge in [-0.2, -0.15) is 0 Å². The van der Waals surface area contributed by atoms with E-state index in [0.29, 0.717) is 6.42 Å². The van der Waals surface area contributed by atoms with Crippen LogP contribution in [0.4, 0.5) is 0 Å². The molecule has 27 heavy (non-hydrogen) atoms. The van der Waals surface area contributed by atoms with Gasteiger partial charge in [0.05, 0.1) is 16.8 Å². The van der Waals surface area contributed by atoms with Crippen molar-refractivity contribution < 1.29 is 19.8 Å². The second kappa shape index (κ2) is 6.88. The van der Waals surface area contributed by atoms with Crippen LogP contribution < -0.4 is 0 Å². The lowest BCUT2D eigenvalue weighted by Crippen LogP contribution is -2.20. The molecule has 1 aromatic carbocycles. The SMILES string of the molecule is O=C(O)C1=CN=C(C(=O)O)CSC1Cc1cn2c(ccc3ccccc32)n1. The molecule has 3 heterocycles. The number of hydrogen-bond acceptors (Lipinski definition) is 5. The number of carboxylic acids is 2. The van der Waals surface area contributed by atoms with E-state index in [0.717, 1.165) is 28.4 Å². The van der Waals surface area contributed by atoms with Crippen LogP contribution in [0.1, 0.15) is 5.69 Å². The summed E-state index contributed by atoms with van der Waals surface area (Å²) >= 11 is 1.26. The van der Waals surface area contributed by atoms with Gasteiger partial charge >= 0.3 is 11.9 Å². The number of thioether (sulfide) groups is 1. The molecule has 0 amide bonds. The van der Waals surface area contributed by atoms with Crippen LogP contribution in [-0.4, -0.2) is 48.3 Å². The number of aromatic nitrogens is 2. The molecule has 0 fully saturated rings. The average Bonchev–Trinajstić information content (AvgIpc) is 2.93. The molecular formula is C19H15N3O4S. The van der Waals surface area contributed by atoms with E-state index in [2.05, 4.69) is 9.98 Å². The monoisotopic (exact) mass is 381 g/mol. The van der Waals surface area contributed by atoms with Gasteiger partial charge in [-0.3, -0.25) is 9.39 Å². The lowest BCUT2D eigenvalue weighted by molar-refractivity contribution is -0.133. The maximum Gasteiger partial charge on any atom is 0.351 e. The van der Waals surface area contributed by atoms with Crippen LogP contribution in [0, 0.1) is 0 Å². The lowest BCUT2D eigenvalue weighted by atomic mass is 10.1. The summed E-state index contributed by atoms with van der Waals surface area (Å²) in [5, 5.41) is 19.3. The van der Waals surface area contributed by atoms with Gasteiger partial charge in [-0.15, -0.1) is 11.8 Å². The zero-order valence-corrected chi connectivity index (χ0v) is 14.9. The first-order valence-electron chi connectivity index (χ1n) is 8.23. The summed E-state index contributed by atoms with van der Waals surface area (Å²) in [6.45, 7) is 0. The Labute approximate surface area is 158 Å². The normalized spacial score (nSPS) is 17.4. The molecule has 136 valence electrons. The van der Waals surface area contributed by atoms with Crippen molar-refractivity contribution in [2.45, 2.75) is 11.7 Å². The van der Waals surface area contributed by atoms with Crippen molar-refractivity contribution in [3.8, 4) is 0 Å². The van der Waals surface area contributed by atoms with Gasteiger partial charge in [-0.1, -0.05) is 18.2 Å². The van der Waals surface area contributed by atoms with Crippen LogP contribution in [0.5, 0.6) is 0 Å². The highest BCUT2D eigenvalue weighted by molar-refractivity contribution is 8.00. The molecule has 1 unspecified atom stereocenters. The van der Waals surface area contributed by atoms with Crippen LogP contribution in [-0.2, 0) is 16.0 Å². The number of aliphatic carboxylic acids is 2. The maximum absolute atomic E-state index is 11.6. The van der Waals surface area contributed by atoms with E-state index >= 15 is 0 Å². The average molecular weight is 381 g/mol. The summed E-state index contributed by atoms with van der Waals surface area (Å²) in [6.07, 6.45) is 3.43. The molecule has 8 heteroatoms. The number of carbonyl (C=O) groups is 2. The Kier molecular flexibility index (Phi) is 4.41. The van der Waals surface area contributed by atoms with E-state index in [1.807, 2.05) is 47.0 Å². The Morgan fingerprint density at radius 2 is 1.96 bits per heavy atom. The predicted molar refractivity (Wildman–Crippen MR) is 103 cm³/mol. The Bertz CT molecular complexity index is 1130. The molecule has 0 bridgehead atoms. The molecule has 7 nitrogen and oxygen atoms in total. The smallest absolute Gasteiger partial charge is 0.351 e. The molecule has 1 atom stereocenters. The molecule has 2 N–H and O–H groups in total. The molecule has 0 spiro atoms. The second-order valence-corrected chi connectivity index (χ2v) is 7.32. The Morgan fingerprint density at radius 3 is 2.74 bits per heavy atom. The van der Waals surface area contributed by atoms with Gasteiger partial charge in [0.1, 0.15) is 11.4 Å². The topological polar surface area (TPSA) is 104 Å². The summed E-state index contributed by atoms with van der Waals surface area (Å²) in [7, 11) is 0. The van der Waals surface area contributed by atoms with E-state index in [4.69, 9.17) is 5.11 Å². The van der Waals surface area contributed by atoms with E-state index in [9.17, 15) is 14.7 Å². The van der Waals surface area contributed by atoms with Crippen molar-refractivity contribution in [2.75, 3.05) is 5.75 Å². The number of para-hydroxylation sites is 1. The van der Waals surface area contributed by atoms with Crippen LogP contribution in [0.25, 0.3) is 16.6 Å². The minimum Gasteiger partial charge on any atom is -0.478 e. The first-order valence-corrected chi connectivity index (χ1v) is 9.28. The molecule has 1 aliphatic rings. The summed E-state index contributed by atoms with van der Waals surface area (Å²) in [5.41, 5.74) is 2.58. The fourth-order valence-corrected chi connectivity index (χ4v) is 4.26. The molecule has 0 radical (unpaired) electrons. The van der Waals surface area contributed by atoms with Gasteiger partial charge in [-0.25, -0.2) is 14.6 Å². The van der Waals surface area contributed by atoms with Crippen molar-refractivity contribution in [2.24, 2.45) is 4.99 Å². The number of nitrogens with zero attached hydrogens (tertiary/aromatic N) is 3. The fourth-order valence-electron chi connectivity index (χ4n) is 3.07. The number of fused-ring (bicyclic) bond motifs is 3. The van der Waals surface area contributed by atoms with Gasteiger partial charge in [0, 0.05) is 29.8 Å². The first-order chi connectivity index (χ1) is 13.0. The Balaban J connectivity index is 1.68. The number of hydrogen-bond donors (Lipinski definition) is 2. The van der Waals surface area contributed by atoms with Gasteiger partial charge in [0.15, 0.2) is 0 Å². The Hall–Kier alpha value is -3.13. The molecule has 0 aliphatic carbocycles. The molecule has 0 saturated heterocycles. The van der Waals surface area contributed by atoms with Crippen molar-refractivity contribution in [1.82, 2.24) is 9.38 Å². The highest BCUT2D eigenvalue weighted by Crippen LogP contribution is 2.27. The molecule has 2 aromatic heterocycles. The highest BCUT2D eigenvalue weighted by atomic mass is 32.2. The minimum atomic E-state index is -1.14. The fraction of sp³-hybridized carbons (Fsp3) is 0.158. The molecule has 4 rings (SSSR count). The van der Waals surface area contributed by atoms with Gasteiger partial charge in [-0.05, 0) is 23.6 Å². The summed E-state index contributed by atoms with van der Waals surface area (Å²) in [4.78, 5) is 31.2. The molecular weight excluding hydrogens is 366 g/mol. The number of pyridine rings is 1. The molecule has 1 aliphatic heterocycles. The van der Waals surface area contributed by atoms with E-state index in [1.54, 1.807) is 0 Å². The summed E-state index contributed by atoms with van der Waals surface area (Å²) in [6, 6.07) is 11.9. The predicted octanol–water partition coefficient (Wildman–Crippen LogP) is 2.64. The standard InChI is InChI=1S/C19H15N3O4S/c23-18(24)13-8-20-14(19(25)26)10-27-16(13)7-12-9-22-15-4-2-1-3-11(15)5-6-17(22)21-12/h1-6,8-9,16H,7,10H2,(H,23,24)(H,25,26). The zero-order valence-electron chi connectivity index (χ0n) is 14.1. The maximum atomic E-state index is 11.6. The number of benzene rings is 1. The van der Waals surface area contributed by atoms with Crippen molar-refractivity contribution in [3.63, 3.8) is 0 Å². The quantitative estimate of drug-likeness (QED) is 0.720. The van der Waals surface area contributed by atoms with E-state index in [1.165, 1.54) is 11.8 Å². The van der Waals surface area contributed by atoms with Crippen LogP contribution >= 0.6 is 11.8 Å².